The zero-order chi connectivity index (χ0) is 19.6. The van der Waals surface area contributed by atoms with Crippen LogP contribution in [0, 0.1) is 28.4 Å². The van der Waals surface area contributed by atoms with E-state index in [2.05, 4.69) is 9.97 Å². The molecule has 0 saturated carbocycles. The minimum Gasteiger partial charge on any atom is -0.507 e. The normalized spacial score (nSPS) is 12.9. The van der Waals surface area contributed by atoms with E-state index in [-0.39, 0.29) is 28.6 Å². The third-order valence-electron chi connectivity index (χ3n) is 3.99. The van der Waals surface area contributed by atoms with E-state index in [1.54, 1.807) is 25.1 Å². The summed E-state index contributed by atoms with van der Waals surface area (Å²) in [5, 5.41) is 31.2. The molecule has 1 heterocycles. The van der Waals surface area contributed by atoms with Crippen molar-refractivity contribution in [2.24, 2.45) is 0 Å². The summed E-state index contributed by atoms with van der Waals surface area (Å²) in [7, 11) is 0. The summed E-state index contributed by atoms with van der Waals surface area (Å²) in [6.07, 6.45) is -0.991. The lowest BCUT2D eigenvalue weighted by Crippen LogP contribution is -2.17. The van der Waals surface area contributed by atoms with E-state index in [0.717, 1.165) is 5.52 Å². The number of aryl methyl sites for hydroxylation is 1. The topological polar surface area (TPSA) is 125 Å². The smallest absolute Gasteiger partial charge is 0.311 e. The Labute approximate surface area is 154 Å². The highest BCUT2D eigenvalue weighted by atomic mass is 16.6. The maximum atomic E-state index is 11.2. The number of nitrogens with one attached hydrogen (secondary N) is 1. The summed E-state index contributed by atoms with van der Waals surface area (Å²) in [6.45, 7) is 3.23. The van der Waals surface area contributed by atoms with Crippen molar-refractivity contribution < 1.29 is 14.8 Å². The minimum absolute atomic E-state index is 0.00606. The fraction of sp³-hybridized carbons (Fsp3) is 0.158. The van der Waals surface area contributed by atoms with Crippen LogP contribution in [0.15, 0.2) is 48.2 Å². The lowest BCUT2D eigenvalue weighted by molar-refractivity contribution is -0.386. The van der Waals surface area contributed by atoms with Crippen LogP contribution in [0.5, 0.6) is 5.75 Å². The van der Waals surface area contributed by atoms with Gasteiger partial charge in [0.15, 0.2) is 23.4 Å². The van der Waals surface area contributed by atoms with Gasteiger partial charge >= 0.3 is 5.69 Å². The molecule has 0 fully saturated rings. The number of nitrogens with zero attached hydrogens (tertiary/aromatic N) is 3. The van der Waals surface area contributed by atoms with Crippen molar-refractivity contribution in [3.05, 3.63) is 69.7 Å². The summed E-state index contributed by atoms with van der Waals surface area (Å²) >= 11 is 0. The Morgan fingerprint density at radius 1 is 1.37 bits per heavy atom. The highest BCUT2D eigenvalue weighted by Crippen LogP contribution is 2.30. The molecule has 0 radical (unpaired) electrons. The van der Waals surface area contributed by atoms with Gasteiger partial charge in [-0.05, 0) is 37.6 Å². The van der Waals surface area contributed by atoms with Gasteiger partial charge in [0.2, 0.25) is 0 Å². The first kappa shape index (κ1) is 17.9. The zero-order valence-electron chi connectivity index (χ0n) is 14.6. The number of aliphatic hydroxyl groups is 1. The van der Waals surface area contributed by atoms with Crippen molar-refractivity contribution in [1.29, 1.82) is 5.26 Å². The molecule has 1 aromatic heterocycles. The average Bonchev–Trinajstić information content (AvgIpc) is 3.07. The Morgan fingerprint density at radius 3 is 2.78 bits per heavy atom. The number of imidazole rings is 1. The van der Waals surface area contributed by atoms with E-state index in [0.29, 0.717) is 11.1 Å². The van der Waals surface area contributed by atoms with Crippen LogP contribution in [-0.4, -0.2) is 26.1 Å². The Bertz CT molecular complexity index is 1060. The lowest BCUT2D eigenvalue weighted by Gasteiger charge is -2.15. The predicted octanol–water partition coefficient (Wildman–Crippen LogP) is 4.04. The first-order valence-electron chi connectivity index (χ1n) is 8.10. The molecule has 136 valence electrons. The molecule has 27 heavy (non-hydrogen) atoms. The van der Waals surface area contributed by atoms with Crippen LogP contribution in [0.4, 0.5) is 5.69 Å². The molecule has 0 saturated heterocycles. The third kappa shape index (κ3) is 3.57. The number of aromatic amines is 1. The van der Waals surface area contributed by atoms with Crippen molar-refractivity contribution in [3.63, 3.8) is 0 Å². The van der Waals surface area contributed by atoms with Crippen LogP contribution < -0.4 is 4.74 Å². The van der Waals surface area contributed by atoms with Gasteiger partial charge in [-0.3, -0.25) is 10.1 Å². The first-order valence-corrected chi connectivity index (χ1v) is 8.10. The fourth-order valence-corrected chi connectivity index (χ4v) is 2.62. The molecule has 8 nitrogen and oxygen atoms in total. The Hall–Kier alpha value is -3.86. The molecule has 1 unspecified atom stereocenters. The molecular weight excluding hydrogens is 348 g/mol. The summed E-state index contributed by atoms with van der Waals surface area (Å²) in [4.78, 5) is 17.9. The van der Waals surface area contributed by atoms with Gasteiger partial charge < -0.3 is 14.8 Å². The summed E-state index contributed by atoms with van der Waals surface area (Å²) in [5.41, 5.74) is 1.78. The van der Waals surface area contributed by atoms with Gasteiger partial charge in [0.05, 0.1) is 16.0 Å². The molecule has 3 rings (SSSR count). The zero-order valence-corrected chi connectivity index (χ0v) is 14.6. The molecular formula is C19H16N4O4. The monoisotopic (exact) mass is 364 g/mol. The maximum Gasteiger partial charge on any atom is 0.311 e. The van der Waals surface area contributed by atoms with E-state index in [1.807, 2.05) is 18.2 Å². The molecule has 0 aliphatic carbocycles. The number of aliphatic hydroxyl groups excluding tert-OH is 1. The van der Waals surface area contributed by atoms with Crippen molar-refractivity contribution in [1.82, 2.24) is 9.97 Å². The predicted molar refractivity (Wildman–Crippen MR) is 99.2 cm³/mol. The summed E-state index contributed by atoms with van der Waals surface area (Å²) in [5.74, 6) is -0.164. The number of nitro groups is 1. The number of ether oxygens (including phenoxy) is 1. The van der Waals surface area contributed by atoms with E-state index < -0.39 is 11.0 Å². The number of benzene rings is 2. The number of para-hydroxylation sites is 2. The van der Waals surface area contributed by atoms with Crippen LogP contribution in [-0.2, 0) is 0 Å². The highest BCUT2D eigenvalue weighted by molar-refractivity contribution is 5.82. The number of H-pyrrole nitrogens is 1. The van der Waals surface area contributed by atoms with Crippen molar-refractivity contribution in [3.8, 4) is 11.8 Å². The molecule has 1 atom stereocenters. The van der Waals surface area contributed by atoms with Crippen molar-refractivity contribution in [2.45, 2.75) is 20.0 Å². The Kier molecular flexibility index (Phi) is 4.77. The average molecular weight is 364 g/mol. The van der Waals surface area contributed by atoms with Gasteiger partial charge in [0.25, 0.3) is 0 Å². The molecule has 8 heteroatoms. The quantitative estimate of drug-likeness (QED) is 0.305. The number of fused-ring (bicyclic) bond motifs is 1. The Morgan fingerprint density at radius 2 is 2.11 bits per heavy atom. The summed E-state index contributed by atoms with van der Waals surface area (Å²) in [6, 6.07) is 13.6. The standard InChI is InChI=1S/C19H16N4O4/c1-11-7-8-17(16(9-11)23(25)26)27-12(2)18(24)13(10-20)19-21-14-5-3-4-6-15(14)22-19/h3-9,12,24H,1-2H3,(H,21,22)/b18-13-. The fourth-order valence-electron chi connectivity index (χ4n) is 2.62. The van der Waals surface area contributed by atoms with Crippen LogP contribution in [0.3, 0.4) is 0 Å². The van der Waals surface area contributed by atoms with E-state index in [1.165, 1.54) is 19.1 Å². The van der Waals surface area contributed by atoms with E-state index in [9.17, 15) is 20.5 Å². The van der Waals surface area contributed by atoms with Crippen LogP contribution >= 0.6 is 0 Å². The minimum atomic E-state index is -0.991. The Balaban J connectivity index is 1.96. The highest BCUT2D eigenvalue weighted by Gasteiger charge is 2.23. The van der Waals surface area contributed by atoms with Crippen LogP contribution in [0.25, 0.3) is 16.6 Å². The molecule has 0 spiro atoms. The van der Waals surface area contributed by atoms with Gasteiger partial charge in [-0.25, -0.2) is 4.98 Å². The van der Waals surface area contributed by atoms with Gasteiger partial charge in [-0.1, -0.05) is 18.2 Å². The van der Waals surface area contributed by atoms with E-state index in [4.69, 9.17) is 4.74 Å². The van der Waals surface area contributed by atoms with Gasteiger partial charge in [-0.2, -0.15) is 5.26 Å². The first-order chi connectivity index (χ1) is 12.9. The van der Waals surface area contributed by atoms with Gasteiger partial charge in [-0.15, -0.1) is 0 Å². The molecule has 3 aromatic rings. The van der Waals surface area contributed by atoms with Crippen molar-refractivity contribution in [2.75, 3.05) is 0 Å². The molecule has 0 bridgehead atoms. The third-order valence-corrected chi connectivity index (χ3v) is 3.99. The molecule has 0 aliphatic rings. The van der Waals surface area contributed by atoms with Gasteiger partial charge in [0.1, 0.15) is 11.6 Å². The second-order valence-corrected chi connectivity index (χ2v) is 5.96. The molecule has 2 N–H and O–H groups in total. The summed E-state index contributed by atoms with van der Waals surface area (Å²) < 4.78 is 5.56. The number of nitriles is 1. The lowest BCUT2D eigenvalue weighted by atomic mass is 10.1. The maximum absolute atomic E-state index is 11.2. The number of hydrogen-bond acceptors (Lipinski definition) is 6. The van der Waals surface area contributed by atoms with Gasteiger partial charge in [0, 0.05) is 6.07 Å². The second-order valence-electron chi connectivity index (χ2n) is 5.96. The van der Waals surface area contributed by atoms with E-state index >= 15 is 0 Å². The number of allylic oxidation sites excluding steroid dienone is 1. The SMILES string of the molecule is Cc1ccc(OC(C)/C(O)=C(\C#N)c2nc3ccccc3[nH]2)c([N+](=O)[O-])c1. The largest absolute Gasteiger partial charge is 0.507 e. The number of nitro benzene ring substituents is 1. The van der Waals surface area contributed by atoms with Crippen LogP contribution in [0.1, 0.15) is 18.3 Å². The molecule has 0 amide bonds. The number of hydrogen-bond donors (Lipinski definition) is 2. The number of aromatic nitrogens is 2. The van der Waals surface area contributed by atoms with Crippen LogP contribution in [0.2, 0.25) is 0 Å². The van der Waals surface area contributed by atoms with Crippen molar-refractivity contribution >= 4 is 22.3 Å². The second kappa shape index (κ2) is 7.17. The molecule has 0 aliphatic heterocycles. The number of rotatable bonds is 5. The molecule has 2 aromatic carbocycles.